The second-order valence-corrected chi connectivity index (χ2v) is 16.6. The topological polar surface area (TPSA) is 103 Å². The Morgan fingerprint density at radius 1 is 1.08 bits per heavy atom. The number of nitrogens with one attached hydrogen (secondary N) is 1. The maximum absolute atomic E-state index is 14.0. The molecule has 2 bridgehead atoms. The van der Waals surface area contributed by atoms with Crippen LogP contribution in [0.3, 0.4) is 0 Å². The molecule has 1 saturated heterocycles. The number of hydrogen-bond acceptors (Lipinski definition) is 8. The molecule has 0 radical (unpaired) electrons. The maximum Gasteiger partial charge on any atom is 0.264 e. The Hall–Kier alpha value is -2.63. The molecule has 0 unspecified atom stereocenters. The molecule has 7 rings (SSSR count). The molecule has 1 spiro atoms. The minimum absolute atomic E-state index is 0.109. The lowest BCUT2D eigenvalue weighted by Gasteiger charge is -2.46. The zero-order chi connectivity index (χ0) is 33.5. The Morgan fingerprint density at radius 3 is 2.71 bits per heavy atom. The Morgan fingerprint density at radius 2 is 1.96 bits per heavy atom. The van der Waals surface area contributed by atoms with E-state index in [4.69, 9.17) is 30.5 Å². The summed E-state index contributed by atoms with van der Waals surface area (Å²) in [5.74, 6) is 0.708. The standard InChI is InChI=1S/C37H47ClN2O7S/c1-44-32-8-3-9-34(45-2)35(20-28-7-5-17-46-28)48(42,43)39-36(41)25-11-15-33-31(19-25)40(21-26-10-13-29(26)32)22-37(23-47-33)16-4-6-24-18-27(38)12-14-30(24)37/h3,8,11-12,14-15,18-19,26,28-29,32,34-35H,4-7,9-10,13,16-17,20-23H2,1-2H3,(H,39,41)/b8-3+/t26-,28-,29+,32-,34-,35-,37-/m0/s1. The molecular weight excluding hydrogens is 652 g/mol. The molecule has 3 heterocycles. The summed E-state index contributed by atoms with van der Waals surface area (Å²) in [4.78, 5) is 16.2. The normalized spacial score (nSPS) is 33.8. The molecule has 2 fully saturated rings. The van der Waals surface area contributed by atoms with E-state index in [0.29, 0.717) is 43.8 Å². The van der Waals surface area contributed by atoms with E-state index in [-0.39, 0.29) is 29.6 Å². The number of benzene rings is 2. The summed E-state index contributed by atoms with van der Waals surface area (Å²) in [5.41, 5.74) is 3.37. The lowest BCUT2D eigenvalue weighted by Crippen LogP contribution is -2.49. The third kappa shape index (κ3) is 6.63. The molecule has 3 aliphatic heterocycles. The number of halogens is 1. The molecule has 9 nitrogen and oxygen atoms in total. The van der Waals surface area contributed by atoms with Gasteiger partial charge in [-0.25, -0.2) is 13.1 Å². The summed E-state index contributed by atoms with van der Waals surface area (Å²) in [5, 5.41) is -0.241. The maximum atomic E-state index is 14.0. The van der Waals surface area contributed by atoms with Crippen molar-refractivity contribution in [2.45, 2.75) is 86.8 Å². The van der Waals surface area contributed by atoms with Gasteiger partial charge in [0.15, 0.2) is 0 Å². The first-order valence-electron chi connectivity index (χ1n) is 17.4. The van der Waals surface area contributed by atoms with Crippen LogP contribution in [0.15, 0.2) is 48.6 Å². The zero-order valence-corrected chi connectivity index (χ0v) is 29.4. The van der Waals surface area contributed by atoms with Crippen molar-refractivity contribution in [1.29, 1.82) is 0 Å². The summed E-state index contributed by atoms with van der Waals surface area (Å²) < 4.78 is 54.8. The highest BCUT2D eigenvalue weighted by Gasteiger charge is 2.45. The van der Waals surface area contributed by atoms with Crippen molar-refractivity contribution in [3.8, 4) is 5.75 Å². The van der Waals surface area contributed by atoms with Crippen LogP contribution >= 0.6 is 11.6 Å². The number of aryl methyl sites for hydroxylation is 1. The van der Waals surface area contributed by atoms with Gasteiger partial charge in [0.25, 0.3) is 5.91 Å². The Labute approximate surface area is 289 Å². The number of hydrogen-bond donors (Lipinski definition) is 1. The summed E-state index contributed by atoms with van der Waals surface area (Å²) in [6, 6.07) is 11.5. The Bertz CT molecular complexity index is 1640. The van der Waals surface area contributed by atoms with Crippen molar-refractivity contribution in [2.75, 3.05) is 45.4 Å². The zero-order valence-electron chi connectivity index (χ0n) is 27.9. The average Bonchev–Trinajstić information content (AvgIpc) is 3.53. The first-order chi connectivity index (χ1) is 23.2. The van der Waals surface area contributed by atoms with Crippen LogP contribution in [0, 0.1) is 11.8 Å². The number of carbonyl (C=O) groups is 1. The minimum Gasteiger partial charge on any atom is -0.490 e. The van der Waals surface area contributed by atoms with Crippen LogP contribution in [0.25, 0.3) is 0 Å². The van der Waals surface area contributed by atoms with Crippen LogP contribution < -0.4 is 14.4 Å². The molecular formula is C37H47ClN2O7S. The molecule has 7 atom stereocenters. The number of carbonyl (C=O) groups excluding carboxylic acids is 1. The van der Waals surface area contributed by atoms with Gasteiger partial charge < -0.3 is 23.8 Å². The molecule has 48 heavy (non-hydrogen) atoms. The summed E-state index contributed by atoms with van der Waals surface area (Å²) >= 11 is 6.44. The molecule has 1 amide bonds. The summed E-state index contributed by atoms with van der Waals surface area (Å²) in [6.45, 7) is 2.60. The van der Waals surface area contributed by atoms with Gasteiger partial charge in [-0.3, -0.25) is 4.79 Å². The summed E-state index contributed by atoms with van der Waals surface area (Å²) in [6.07, 6.45) is 10.5. The van der Waals surface area contributed by atoms with E-state index in [9.17, 15) is 13.2 Å². The van der Waals surface area contributed by atoms with Gasteiger partial charge in [-0.15, -0.1) is 0 Å². The predicted octanol–water partition coefficient (Wildman–Crippen LogP) is 5.83. The van der Waals surface area contributed by atoms with Crippen LogP contribution in [-0.2, 0) is 36.1 Å². The SMILES string of the molecule is CO[C@H]1/C=C/C[C@H](OC)[C@H](C[C@@H]2CCCO2)S(=O)(=O)NC(=O)c2ccc3c(c2)N(C[C@@H]2CC[C@H]21)C[C@@]1(CCCc2cc(Cl)ccc21)CO3. The molecule has 5 aliphatic rings. The molecule has 2 aromatic carbocycles. The van der Waals surface area contributed by atoms with Gasteiger partial charge in [0, 0.05) is 49.9 Å². The van der Waals surface area contributed by atoms with E-state index in [1.54, 1.807) is 19.2 Å². The van der Waals surface area contributed by atoms with Crippen molar-refractivity contribution in [3.63, 3.8) is 0 Å². The highest BCUT2D eigenvalue weighted by molar-refractivity contribution is 7.90. The van der Waals surface area contributed by atoms with Gasteiger partial charge in [0.05, 0.1) is 30.6 Å². The van der Waals surface area contributed by atoms with E-state index in [1.165, 1.54) is 18.2 Å². The van der Waals surface area contributed by atoms with E-state index in [1.807, 2.05) is 18.2 Å². The second kappa shape index (κ2) is 13.9. The number of ether oxygens (including phenoxy) is 4. The van der Waals surface area contributed by atoms with Crippen molar-refractivity contribution in [2.24, 2.45) is 11.8 Å². The first-order valence-corrected chi connectivity index (χ1v) is 19.3. The van der Waals surface area contributed by atoms with Gasteiger partial charge in [-0.05, 0) is 111 Å². The van der Waals surface area contributed by atoms with Crippen LogP contribution in [0.4, 0.5) is 5.69 Å². The fraction of sp³-hybridized carbons (Fsp3) is 0.595. The molecule has 2 aromatic rings. The highest BCUT2D eigenvalue weighted by Crippen LogP contribution is 2.47. The van der Waals surface area contributed by atoms with E-state index in [2.05, 4.69) is 27.8 Å². The number of fused-ring (bicyclic) bond motifs is 4. The summed E-state index contributed by atoms with van der Waals surface area (Å²) in [7, 11) is -0.877. The van der Waals surface area contributed by atoms with Gasteiger partial charge in [0.1, 0.15) is 11.0 Å². The monoisotopic (exact) mass is 698 g/mol. The third-order valence-corrected chi connectivity index (χ3v) is 13.5. The van der Waals surface area contributed by atoms with Crippen molar-refractivity contribution in [3.05, 3.63) is 70.3 Å². The van der Waals surface area contributed by atoms with Crippen molar-refractivity contribution < 1.29 is 32.2 Å². The smallest absolute Gasteiger partial charge is 0.264 e. The molecule has 11 heteroatoms. The van der Waals surface area contributed by atoms with E-state index in [0.717, 1.165) is 62.2 Å². The fourth-order valence-corrected chi connectivity index (χ4v) is 10.6. The number of amides is 1. The quantitative estimate of drug-likeness (QED) is 0.399. The lowest BCUT2D eigenvalue weighted by atomic mass is 9.68. The van der Waals surface area contributed by atoms with Crippen molar-refractivity contribution >= 4 is 33.2 Å². The van der Waals surface area contributed by atoms with Crippen LogP contribution in [-0.4, -0.2) is 78.4 Å². The predicted molar refractivity (Wildman–Crippen MR) is 186 cm³/mol. The van der Waals surface area contributed by atoms with E-state index >= 15 is 0 Å². The van der Waals surface area contributed by atoms with E-state index < -0.39 is 27.3 Å². The molecule has 1 saturated carbocycles. The number of nitrogens with zero attached hydrogens (tertiary/aromatic N) is 1. The number of anilines is 1. The van der Waals surface area contributed by atoms with Crippen molar-refractivity contribution in [1.82, 2.24) is 4.72 Å². The van der Waals surface area contributed by atoms with Crippen LogP contribution in [0.2, 0.25) is 5.02 Å². The molecule has 2 aliphatic carbocycles. The fourth-order valence-electron chi connectivity index (χ4n) is 8.77. The minimum atomic E-state index is -4.15. The van der Waals surface area contributed by atoms with Gasteiger partial charge in [0.2, 0.25) is 10.0 Å². The largest absolute Gasteiger partial charge is 0.490 e. The van der Waals surface area contributed by atoms with Gasteiger partial charge in [-0.2, -0.15) is 0 Å². The number of sulfonamides is 1. The molecule has 0 aromatic heterocycles. The average molecular weight is 699 g/mol. The van der Waals surface area contributed by atoms with Gasteiger partial charge >= 0.3 is 0 Å². The highest BCUT2D eigenvalue weighted by atomic mass is 35.5. The van der Waals surface area contributed by atoms with Crippen LogP contribution in [0.1, 0.15) is 72.9 Å². The Balaban J connectivity index is 1.28. The molecule has 260 valence electrons. The molecule has 1 N–H and O–H groups in total. The Kier molecular flexibility index (Phi) is 9.83. The number of rotatable bonds is 4. The van der Waals surface area contributed by atoms with Crippen LogP contribution in [0.5, 0.6) is 5.75 Å². The third-order valence-electron chi connectivity index (χ3n) is 11.5. The number of methoxy groups -OCH3 is 2. The first kappa shape index (κ1) is 33.8. The van der Waals surface area contributed by atoms with Gasteiger partial charge in [-0.1, -0.05) is 29.8 Å². The lowest BCUT2D eigenvalue weighted by molar-refractivity contribution is 0.0128. The second-order valence-electron chi connectivity index (χ2n) is 14.3.